The molecule has 0 radical (unpaired) electrons. The van der Waals surface area contributed by atoms with E-state index in [2.05, 4.69) is 48.5 Å². The zero-order chi connectivity index (χ0) is 12.3. The normalized spacial score (nSPS) is 10.4. The van der Waals surface area contributed by atoms with Crippen LogP contribution in [0.15, 0.2) is 60.7 Å². The third-order valence-electron chi connectivity index (χ3n) is 2.12. The van der Waals surface area contributed by atoms with Crippen LogP contribution in [0.5, 0.6) is 0 Å². The molecule has 2 rings (SSSR count). The van der Waals surface area contributed by atoms with Crippen LogP contribution < -0.4 is 0 Å². The number of rotatable bonds is 3. The summed E-state index contributed by atoms with van der Waals surface area (Å²) in [5.74, 6) is 0. The predicted molar refractivity (Wildman–Crippen MR) is 82.5 cm³/mol. The molecule has 0 fully saturated rings. The highest BCUT2D eigenvalue weighted by atomic mass is 28.3. The summed E-state index contributed by atoms with van der Waals surface area (Å²) in [5.41, 5.74) is 2.55. The Hall–Kier alpha value is -0.989. The fourth-order valence-electron chi connectivity index (χ4n) is 1.38. The summed E-state index contributed by atoms with van der Waals surface area (Å²) in [6.45, 7) is 0. The summed E-state index contributed by atoms with van der Waals surface area (Å²) in [6.07, 6.45) is 0. The number of benzene rings is 2. The van der Waals surface area contributed by atoms with E-state index >= 15 is 0 Å². The Bertz CT molecular complexity index is 356. The van der Waals surface area contributed by atoms with Gasteiger partial charge in [-0.3, -0.25) is 0 Å². The average Bonchev–Trinajstić information content (AvgIpc) is 2.42. The number of hydrogen-bond acceptors (Lipinski definition) is 2. The largest absolute Gasteiger partial charge is 0.449 e. The van der Waals surface area contributed by atoms with Gasteiger partial charge in [-0.1, -0.05) is 60.7 Å². The van der Waals surface area contributed by atoms with Crippen LogP contribution in [0.2, 0.25) is 0 Å². The molecule has 90 valence electrons. The minimum absolute atomic E-state index is 0.444. The van der Waals surface area contributed by atoms with Gasteiger partial charge in [-0.05, 0) is 11.1 Å². The topological polar surface area (TPSA) is 18.5 Å². The lowest BCUT2D eigenvalue weighted by Crippen LogP contribution is -1.96. The molecule has 0 atom stereocenters. The van der Waals surface area contributed by atoms with Crippen molar-refractivity contribution in [2.75, 3.05) is 0 Å². The first-order chi connectivity index (χ1) is 8.38. The van der Waals surface area contributed by atoms with Crippen molar-refractivity contribution in [2.24, 2.45) is 0 Å². The predicted octanol–water partition coefficient (Wildman–Crippen LogP) is -0.0672. The van der Waals surface area contributed by atoms with Gasteiger partial charge in [-0.2, -0.15) is 0 Å². The van der Waals surface area contributed by atoms with E-state index in [0.717, 1.165) is 21.0 Å². The first kappa shape index (κ1) is 14.1. The molecule has 0 saturated heterocycles. The molecule has 0 aliphatic carbocycles. The van der Waals surface area contributed by atoms with Crippen LogP contribution in [0.4, 0.5) is 0 Å². The van der Waals surface area contributed by atoms with Crippen LogP contribution in [0.1, 0.15) is 0 Å². The monoisotopic (exact) mass is 278 g/mol. The maximum atomic E-state index is 4.78. The molecule has 0 saturated carbocycles. The van der Waals surface area contributed by atoms with Gasteiger partial charge in [-0.15, -0.1) is 0 Å². The van der Waals surface area contributed by atoms with Crippen LogP contribution in [0, 0.1) is 0 Å². The molecule has 0 unspecified atom stereocenters. The standard InChI is InChI=1S/C12H10.H8O2Si3/c1-3-7-11(8-4-1)12-9-5-2-6-10-12;3-1-5-2-4/h1-10H;5H2,3-4H3. The molecule has 0 spiro atoms. The Morgan fingerprint density at radius 2 is 1.00 bits per heavy atom. The van der Waals surface area contributed by atoms with E-state index in [1.807, 2.05) is 12.1 Å². The van der Waals surface area contributed by atoms with E-state index < -0.39 is 10.0 Å². The lowest BCUT2D eigenvalue weighted by atomic mass is 10.1. The summed E-state index contributed by atoms with van der Waals surface area (Å²) in [5, 5.41) is 0. The minimum Gasteiger partial charge on any atom is -0.449 e. The van der Waals surface area contributed by atoms with Gasteiger partial charge in [-0.25, -0.2) is 0 Å². The van der Waals surface area contributed by atoms with E-state index in [9.17, 15) is 0 Å². The minimum atomic E-state index is -0.444. The van der Waals surface area contributed by atoms with Crippen molar-refractivity contribution in [1.29, 1.82) is 0 Å². The molecule has 2 aromatic rings. The highest BCUT2D eigenvalue weighted by molar-refractivity contribution is 6.33. The van der Waals surface area contributed by atoms with E-state index in [1.165, 1.54) is 11.1 Å². The first-order valence-electron chi connectivity index (χ1n) is 5.47. The van der Waals surface area contributed by atoms with Gasteiger partial charge in [0.15, 0.2) is 0 Å². The van der Waals surface area contributed by atoms with Crippen LogP contribution in [0.3, 0.4) is 0 Å². The Morgan fingerprint density at radius 3 is 1.24 bits per heavy atom. The first-order valence-corrected chi connectivity index (χ1v) is 8.25. The second-order valence-electron chi connectivity index (χ2n) is 3.43. The van der Waals surface area contributed by atoms with Gasteiger partial charge < -0.3 is 8.23 Å². The molecule has 0 heterocycles. The summed E-state index contributed by atoms with van der Waals surface area (Å²) >= 11 is 0. The van der Waals surface area contributed by atoms with Crippen LogP contribution >= 0.6 is 0 Å². The molecule has 0 aliphatic heterocycles. The molecule has 2 nitrogen and oxygen atoms in total. The smallest absolute Gasteiger partial charge is 0.282 e. The molecular weight excluding hydrogens is 260 g/mol. The summed E-state index contributed by atoms with van der Waals surface area (Å²) < 4.78 is 9.56. The lowest BCUT2D eigenvalue weighted by Gasteiger charge is -1.98. The Balaban J connectivity index is 0.000000249. The fraction of sp³-hybridized carbons (Fsp3) is 0. The highest BCUT2D eigenvalue weighted by Crippen LogP contribution is 2.17. The molecule has 0 amide bonds. The second kappa shape index (κ2) is 9.08. The molecule has 0 aliphatic rings. The van der Waals surface area contributed by atoms with Crippen molar-refractivity contribution in [3.8, 4) is 11.1 Å². The molecule has 17 heavy (non-hydrogen) atoms. The van der Waals surface area contributed by atoms with Gasteiger partial charge in [0.1, 0.15) is 21.0 Å². The number of hydrogen-bond donors (Lipinski definition) is 0. The Kier molecular flexibility index (Phi) is 7.52. The SMILES string of the molecule is [SiH3]O[SiH2]O[SiH3].c1ccc(-c2ccccc2)cc1. The lowest BCUT2D eigenvalue weighted by molar-refractivity contribution is 0.513. The summed E-state index contributed by atoms with van der Waals surface area (Å²) in [4.78, 5) is 0. The third-order valence-corrected chi connectivity index (χ3v) is 4.00. The van der Waals surface area contributed by atoms with Crippen LogP contribution in [0.25, 0.3) is 11.1 Å². The quantitative estimate of drug-likeness (QED) is 0.732. The van der Waals surface area contributed by atoms with Gasteiger partial charge in [0, 0.05) is 0 Å². The highest BCUT2D eigenvalue weighted by Gasteiger charge is 1.91. The Labute approximate surface area is 111 Å². The average molecular weight is 279 g/mol. The van der Waals surface area contributed by atoms with Gasteiger partial charge in [0.05, 0.1) is 0 Å². The molecule has 5 heteroatoms. The van der Waals surface area contributed by atoms with E-state index in [1.54, 1.807) is 0 Å². The summed E-state index contributed by atoms with van der Waals surface area (Å²) in [7, 11) is 1.27. The van der Waals surface area contributed by atoms with Crippen molar-refractivity contribution >= 4 is 31.0 Å². The van der Waals surface area contributed by atoms with Crippen molar-refractivity contribution < 1.29 is 8.23 Å². The van der Waals surface area contributed by atoms with Gasteiger partial charge in [0.25, 0.3) is 10.0 Å². The van der Waals surface area contributed by atoms with E-state index in [0.29, 0.717) is 0 Å². The maximum Gasteiger partial charge on any atom is 0.282 e. The zero-order valence-corrected chi connectivity index (χ0v) is 15.7. The molecule has 0 bridgehead atoms. The van der Waals surface area contributed by atoms with Gasteiger partial charge in [0.2, 0.25) is 0 Å². The summed E-state index contributed by atoms with van der Waals surface area (Å²) in [6, 6.07) is 20.8. The van der Waals surface area contributed by atoms with Crippen molar-refractivity contribution in [3.05, 3.63) is 60.7 Å². The van der Waals surface area contributed by atoms with Gasteiger partial charge >= 0.3 is 0 Å². The molecule has 0 N–H and O–H groups in total. The van der Waals surface area contributed by atoms with Crippen LogP contribution in [-0.4, -0.2) is 31.0 Å². The fourth-order valence-corrected chi connectivity index (χ4v) is 4.44. The Morgan fingerprint density at radius 1 is 0.647 bits per heavy atom. The van der Waals surface area contributed by atoms with E-state index in [4.69, 9.17) is 8.23 Å². The van der Waals surface area contributed by atoms with Crippen molar-refractivity contribution in [1.82, 2.24) is 0 Å². The van der Waals surface area contributed by atoms with Crippen molar-refractivity contribution in [3.63, 3.8) is 0 Å². The van der Waals surface area contributed by atoms with Crippen molar-refractivity contribution in [2.45, 2.75) is 0 Å². The zero-order valence-electron chi connectivity index (χ0n) is 10.3. The third kappa shape index (κ3) is 5.76. The maximum absolute atomic E-state index is 4.78. The molecule has 2 aromatic carbocycles. The van der Waals surface area contributed by atoms with Crippen LogP contribution in [-0.2, 0) is 8.23 Å². The van der Waals surface area contributed by atoms with E-state index in [-0.39, 0.29) is 0 Å². The second-order valence-corrected chi connectivity index (χ2v) is 8.28. The molecule has 0 aromatic heterocycles. The molecular formula is C12H18O2Si3.